The standard InChI is InChI=1S/C21H23NO5/c1-3-4-11-27-18-10-9-14(12-19(18)26-2)20(23)22-13-16(21(24)25)15-7-5-6-8-17(15)22/h5-10,12,16H,3-4,11,13H2,1-2H3,(H,24,25). The minimum atomic E-state index is -0.935. The average molecular weight is 369 g/mol. The molecular weight excluding hydrogens is 346 g/mol. The number of fused-ring (bicyclic) bond motifs is 1. The lowest BCUT2D eigenvalue weighted by Gasteiger charge is -2.19. The van der Waals surface area contributed by atoms with Crippen molar-refractivity contribution in [1.82, 2.24) is 0 Å². The Morgan fingerprint density at radius 1 is 1.19 bits per heavy atom. The molecule has 1 heterocycles. The van der Waals surface area contributed by atoms with Crippen molar-refractivity contribution < 1.29 is 24.2 Å². The van der Waals surface area contributed by atoms with Crippen molar-refractivity contribution in [1.29, 1.82) is 0 Å². The number of aliphatic carboxylic acids is 1. The molecule has 0 bridgehead atoms. The van der Waals surface area contributed by atoms with E-state index in [0.29, 0.717) is 34.9 Å². The molecule has 0 saturated carbocycles. The fourth-order valence-corrected chi connectivity index (χ4v) is 3.21. The number of carbonyl (C=O) groups is 2. The molecule has 0 fully saturated rings. The van der Waals surface area contributed by atoms with E-state index in [1.54, 1.807) is 42.5 Å². The Bertz CT molecular complexity index is 848. The van der Waals surface area contributed by atoms with Gasteiger partial charge in [-0.05, 0) is 36.2 Å². The van der Waals surface area contributed by atoms with E-state index in [0.717, 1.165) is 12.8 Å². The highest BCUT2D eigenvalue weighted by molar-refractivity contribution is 6.09. The highest BCUT2D eigenvalue weighted by Gasteiger charge is 2.36. The third kappa shape index (κ3) is 3.74. The van der Waals surface area contributed by atoms with Gasteiger partial charge >= 0.3 is 5.97 Å². The molecule has 0 aromatic heterocycles. The first kappa shape index (κ1) is 18.8. The zero-order valence-corrected chi connectivity index (χ0v) is 15.5. The summed E-state index contributed by atoms with van der Waals surface area (Å²) in [6.45, 7) is 2.78. The van der Waals surface area contributed by atoms with Gasteiger partial charge in [0.15, 0.2) is 11.5 Å². The van der Waals surface area contributed by atoms with Crippen molar-refractivity contribution >= 4 is 17.6 Å². The van der Waals surface area contributed by atoms with Crippen molar-refractivity contribution in [2.75, 3.05) is 25.2 Å². The summed E-state index contributed by atoms with van der Waals surface area (Å²) in [6.07, 6.45) is 1.96. The predicted molar refractivity (Wildman–Crippen MR) is 102 cm³/mol. The molecule has 1 unspecified atom stereocenters. The van der Waals surface area contributed by atoms with E-state index in [4.69, 9.17) is 9.47 Å². The lowest BCUT2D eigenvalue weighted by molar-refractivity contribution is -0.138. The minimum Gasteiger partial charge on any atom is -0.493 e. The molecular formula is C21H23NO5. The number of benzene rings is 2. The van der Waals surface area contributed by atoms with Crippen molar-refractivity contribution in [2.45, 2.75) is 25.7 Å². The summed E-state index contributed by atoms with van der Waals surface area (Å²) in [7, 11) is 1.53. The van der Waals surface area contributed by atoms with Gasteiger partial charge in [0.2, 0.25) is 0 Å². The number of unbranched alkanes of at least 4 members (excludes halogenated alkanes) is 1. The molecule has 142 valence electrons. The molecule has 1 aliphatic heterocycles. The molecule has 1 N–H and O–H groups in total. The number of carboxylic acid groups (broad SMARTS) is 1. The molecule has 27 heavy (non-hydrogen) atoms. The SMILES string of the molecule is CCCCOc1ccc(C(=O)N2CC(C(=O)O)c3ccccc32)cc1OC. The van der Waals surface area contributed by atoms with Gasteiger partial charge < -0.3 is 19.5 Å². The van der Waals surface area contributed by atoms with Crippen LogP contribution < -0.4 is 14.4 Å². The second-order valence-corrected chi connectivity index (χ2v) is 6.43. The number of hydrogen-bond acceptors (Lipinski definition) is 4. The van der Waals surface area contributed by atoms with Crippen LogP contribution in [0.2, 0.25) is 0 Å². The Morgan fingerprint density at radius 2 is 1.96 bits per heavy atom. The summed E-state index contributed by atoms with van der Waals surface area (Å²) in [4.78, 5) is 26.1. The quantitative estimate of drug-likeness (QED) is 0.753. The molecule has 0 aliphatic carbocycles. The van der Waals surface area contributed by atoms with E-state index in [-0.39, 0.29) is 12.5 Å². The third-order valence-corrected chi connectivity index (χ3v) is 4.68. The number of ether oxygens (including phenoxy) is 2. The van der Waals surface area contributed by atoms with Gasteiger partial charge in [0, 0.05) is 17.8 Å². The van der Waals surface area contributed by atoms with Crippen molar-refractivity contribution in [2.24, 2.45) is 0 Å². The van der Waals surface area contributed by atoms with Crippen LogP contribution in [0.4, 0.5) is 5.69 Å². The zero-order valence-electron chi connectivity index (χ0n) is 15.5. The van der Waals surface area contributed by atoms with Gasteiger partial charge in [-0.2, -0.15) is 0 Å². The first-order chi connectivity index (χ1) is 13.1. The van der Waals surface area contributed by atoms with Crippen LogP contribution in [0.3, 0.4) is 0 Å². The lowest BCUT2D eigenvalue weighted by Crippen LogP contribution is -2.31. The average Bonchev–Trinajstić information content (AvgIpc) is 3.08. The first-order valence-electron chi connectivity index (χ1n) is 9.01. The summed E-state index contributed by atoms with van der Waals surface area (Å²) >= 11 is 0. The molecule has 1 aliphatic rings. The number of amides is 1. The van der Waals surface area contributed by atoms with Gasteiger partial charge in [0.25, 0.3) is 5.91 Å². The number of rotatable bonds is 7. The summed E-state index contributed by atoms with van der Waals surface area (Å²) in [5.41, 5.74) is 1.72. The molecule has 3 rings (SSSR count). The molecule has 6 heteroatoms. The summed E-state index contributed by atoms with van der Waals surface area (Å²) in [5.74, 6) is -0.838. The first-order valence-corrected chi connectivity index (χ1v) is 9.01. The van der Waals surface area contributed by atoms with E-state index in [9.17, 15) is 14.7 Å². The topological polar surface area (TPSA) is 76.1 Å². The molecule has 0 saturated heterocycles. The van der Waals surface area contributed by atoms with Crippen molar-refractivity contribution in [3.63, 3.8) is 0 Å². The van der Waals surface area contributed by atoms with E-state index in [1.165, 1.54) is 12.0 Å². The Hall–Kier alpha value is -3.02. The van der Waals surface area contributed by atoms with Crippen molar-refractivity contribution in [3.05, 3.63) is 53.6 Å². The Labute approximate surface area is 158 Å². The van der Waals surface area contributed by atoms with E-state index in [1.807, 2.05) is 0 Å². The fourth-order valence-electron chi connectivity index (χ4n) is 3.21. The highest BCUT2D eigenvalue weighted by atomic mass is 16.5. The van der Waals surface area contributed by atoms with E-state index in [2.05, 4.69) is 6.92 Å². The smallest absolute Gasteiger partial charge is 0.312 e. The lowest BCUT2D eigenvalue weighted by atomic mass is 10.0. The third-order valence-electron chi connectivity index (χ3n) is 4.68. The predicted octanol–water partition coefficient (Wildman–Crippen LogP) is 3.70. The van der Waals surface area contributed by atoms with Crippen LogP contribution in [-0.4, -0.2) is 37.2 Å². The second kappa shape index (κ2) is 8.12. The number of carboxylic acids is 1. The van der Waals surface area contributed by atoms with Gasteiger partial charge in [-0.1, -0.05) is 31.5 Å². The van der Waals surface area contributed by atoms with Gasteiger partial charge in [-0.25, -0.2) is 0 Å². The maximum atomic E-state index is 13.1. The zero-order chi connectivity index (χ0) is 19.4. The van der Waals surface area contributed by atoms with Gasteiger partial charge in [0.05, 0.1) is 13.7 Å². The monoisotopic (exact) mass is 369 g/mol. The van der Waals surface area contributed by atoms with Crippen LogP contribution in [0, 0.1) is 0 Å². The number of para-hydroxylation sites is 1. The largest absolute Gasteiger partial charge is 0.493 e. The number of methoxy groups -OCH3 is 1. The number of hydrogen-bond donors (Lipinski definition) is 1. The molecule has 1 atom stereocenters. The number of anilines is 1. The molecule has 1 amide bonds. The second-order valence-electron chi connectivity index (χ2n) is 6.43. The van der Waals surface area contributed by atoms with E-state index < -0.39 is 11.9 Å². The maximum Gasteiger partial charge on any atom is 0.312 e. The molecule has 2 aromatic carbocycles. The van der Waals surface area contributed by atoms with Crippen LogP contribution in [0.1, 0.15) is 41.6 Å². The summed E-state index contributed by atoms with van der Waals surface area (Å²) in [6, 6.07) is 12.2. The summed E-state index contributed by atoms with van der Waals surface area (Å²) in [5, 5.41) is 9.48. The molecule has 0 radical (unpaired) electrons. The van der Waals surface area contributed by atoms with Crippen LogP contribution in [0.5, 0.6) is 11.5 Å². The molecule has 6 nitrogen and oxygen atoms in total. The van der Waals surface area contributed by atoms with Crippen LogP contribution in [-0.2, 0) is 4.79 Å². The maximum absolute atomic E-state index is 13.1. The van der Waals surface area contributed by atoms with E-state index >= 15 is 0 Å². The number of nitrogens with zero attached hydrogens (tertiary/aromatic N) is 1. The highest BCUT2D eigenvalue weighted by Crippen LogP contribution is 2.38. The molecule has 2 aromatic rings. The summed E-state index contributed by atoms with van der Waals surface area (Å²) < 4.78 is 11.1. The van der Waals surface area contributed by atoms with Crippen molar-refractivity contribution in [3.8, 4) is 11.5 Å². The Morgan fingerprint density at radius 3 is 2.67 bits per heavy atom. The van der Waals surface area contributed by atoms with Gasteiger partial charge in [-0.3, -0.25) is 9.59 Å². The van der Waals surface area contributed by atoms with Crippen LogP contribution in [0.25, 0.3) is 0 Å². The Balaban J connectivity index is 1.87. The van der Waals surface area contributed by atoms with Gasteiger partial charge in [0.1, 0.15) is 5.92 Å². The minimum absolute atomic E-state index is 0.116. The fraction of sp³-hybridized carbons (Fsp3) is 0.333. The van der Waals surface area contributed by atoms with Crippen LogP contribution in [0.15, 0.2) is 42.5 Å². The molecule has 0 spiro atoms. The van der Waals surface area contributed by atoms with Crippen LogP contribution >= 0.6 is 0 Å². The number of carbonyl (C=O) groups excluding carboxylic acids is 1. The normalized spacial score (nSPS) is 15.3. The van der Waals surface area contributed by atoms with Gasteiger partial charge in [-0.15, -0.1) is 0 Å². The Kier molecular flexibility index (Phi) is 5.64.